The molecule has 0 spiro atoms. The number of hydrogen-bond donors (Lipinski definition) is 1. The van der Waals surface area contributed by atoms with Crippen LogP contribution in [-0.2, 0) is 9.59 Å². The number of piperazine rings is 1. The minimum absolute atomic E-state index is 0.0215. The minimum atomic E-state index is 0.0215. The van der Waals surface area contributed by atoms with Crippen molar-refractivity contribution in [1.82, 2.24) is 20.0 Å². The monoisotopic (exact) mass is 374 g/mol. The fraction of sp³-hybridized carbons (Fsp3) is 0.600. The van der Waals surface area contributed by atoms with Crippen LogP contribution in [0.25, 0.3) is 0 Å². The van der Waals surface area contributed by atoms with E-state index in [4.69, 9.17) is 4.74 Å². The topological polar surface area (TPSA) is 65.1 Å². The predicted molar refractivity (Wildman–Crippen MR) is 104 cm³/mol. The molecule has 2 amide bonds. The van der Waals surface area contributed by atoms with E-state index < -0.39 is 0 Å². The van der Waals surface area contributed by atoms with Crippen molar-refractivity contribution < 1.29 is 14.3 Å². The molecule has 0 atom stereocenters. The molecule has 7 nitrogen and oxygen atoms in total. The first-order valence-corrected chi connectivity index (χ1v) is 9.88. The first kappa shape index (κ1) is 19.6. The molecule has 7 heteroatoms. The zero-order chi connectivity index (χ0) is 18.9. The lowest BCUT2D eigenvalue weighted by Gasteiger charge is -2.34. The van der Waals surface area contributed by atoms with Crippen LogP contribution in [0.5, 0.6) is 5.75 Å². The SMILES string of the molecule is O=C(CN1CCN(CC(=O)N2CCCC2)CC1)NCCOc1ccccc1. The van der Waals surface area contributed by atoms with E-state index in [-0.39, 0.29) is 11.8 Å². The summed E-state index contributed by atoms with van der Waals surface area (Å²) in [5.74, 6) is 1.08. The van der Waals surface area contributed by atoms with Gasteiger partial charge in [0.1, 0.15) is 12.4 Å². The molecule has 148 valence electrons. The Morgan fingerprint density at radius 1 is 0.889 bits per heavy atom. The lowest BCUT2D eigenvalue weighted by Crippen LogP contribution is -2.51. The number of nitrogens with one attached hydrogen (secondary N) is 1. The molecule has 3 rings (SSSR count). The Bertz CT molecular complexity index is 597. The third-order valence-electron chi connectivity index (χ3n) is 5.09. The van der Waals surface area contributed by atoms with Gasteiger partial charge in [-0.3, -0.25) is 19.4 Å². The molecule has 0 unspecified atom stereocenters. The molecule has 1 aromatic carbocycles. The molecule has 1 aromatic rings. The van der Waals surface area contributed by atoms with Gasteiger partial charge in [0.15, 0.2) is 0 Å². The number of ether oxygens (including phenoxy) is 1. The van der Waals surface area contributed by atoms with E-state index in [1.54, 1.807) is 0 Å². The summed E-state index contributed by atoms with van der Waals surface area (Å²) in [5.41, 5.74) is 0. The highest BCUT2D eigenvalue weighted by molar-refractivity contribution is 5.78. The number of carbonyl (C=O) groups excluding carboxylic acids is 2. The van der Waals surface area contributed by atoms with Crippen LogP contribution in [0, 0.1) is 0 Å². The van der Waals surface area contributed by atoms with Crippen molar-refractivity contribution in [3.63, 3.8) is 0 Å². The maximum absolute atomic E-state index is 12.2. The second-order valence-corrected chi connectivity index (χ2v) is 7.15. The van der Waals surface area contributed by atoms with Crippen molar-refractivity contribution >= 4 is 11.8 Å². The van der Waals surface area contributed by atoms with Crippen molar-refractivity contribution in [2.24, 2.45) is 0 Å². The Morgan fingerprint density at radius 2 is 1.52 bits per heavy atom. The molecular formula is C20H30N4O3. The van der Waals surface area contributed by atoms with Crippen molar-refractivity contribution in [2.45, 2.75) is 12.8 Å². The highest BCUT2D eigenvalue weighted by atomic mass is 16.5. The summed E-state index contributed by atoms with van der Waals surface area (Å²) >= 11 is 0. The Morgan fingerprint density at radius 3 is 2.19 bits per heavy atom. The van der Waals surface area contributed by atoms with Crippen LogP contribution in [0.4, 0.5) is 0 Å². The summed E-state index contributed by atoms with van der Waals surface area (Å²) in [4.78, 5) is 30.6. The predicted octanol–water partition coefficient (Wildman–Crippen LogP) is 0.422. The van der Waals surface area contributed by atoms with E-state index in [1.165, 1.54) is 0 Å². The van der Waals surface area contributed by atoms with Gasteiger partial charge in [-0.25, -0.2) is 0 Å². The van der Waals surface area contributed by atoms with E-state index >= 15 is 0 Å². The van der Waals surface area contributed by atoms with E-state index in [2.05, 4.69) is 15.1 Å². The molecule has 2 saturated heterocycles. The third kappa shape index (κ3) is 6.52. The maximum atomic E-state index is 12.2. The van der Waals surface area contributed by atoms with Gasteiger partial charge < -0.3 is 15.0 Å². The number of para-hydroxylation sites is 1. The van der Waals surface area contributed by atoms with Gasteiger partial charge in [-0.2, -0.15) is 0 Å². The second kappa shape index (κ2) is 10.3. The summed E-state index contributed by atoms with van der Waals surface area (Å²) in [6.45, 7) is 7.01. The molecule has 2 aliphatic rings. The van der Waals surface area contributed by atoms with Crippen LogP contribution in [-0.4, -0.2) is 92.0 Å². The standard InChI is InChI=1S/C20H30N4O3/c25-19(21-8-15-27-18-6-2-1-3-7-18)16-22-11-13-23(14-12-22)17-20(26)24-9-4-5-10-24/h1-3,6-7H,4-5,8-17H2,(H,21,25). The first-order chi connectivity index (χ1) is 13.2. The highest BCUT2D eigenvalue weighted by Crippen LogP contribution is 2.09. The second-order valence-electron chi connectivity index (χ2n) is 7.15. The average molecular weight is 374 g/mol. The van der Waals surface area contributed by atoms with Crippen molar-refractivity contribution in [3.05, 3.63) is 30.3 Å². The molecule has 0 bridgehead atoms. The molecule has 2 aliphatic heterocycles. The van der Waals surface area contributed by atoms with Gasteiger partial charge in [0.2, 0.25) is 11.8 Å². The molecule has 0 aromatic heterocycles. The number of rotatable bonds is 8. The number of nitrogens with zero attached hydrogens (tertiary/aromatic N) is 3. The van der Waals surface area contributed by atoms with Gasteiger partial charge >= 0.3 is 0 Å². The lowest BCUT2D eigenvalue weighted by atomic mass is 10.3. The summed E-state index contributed by atoms with van der Waals surface area (Å²) < 4.78 is 5.57. The van der Waals surface area contributed by atoms with Crippen LogP contribution in [0.15, 0.2) is 30.3 Å². The first-order valence-electron chi connectivity index (χ1n) is 9.88. The molecular weight excluding hydrogens is 344 g/mol. The van der Waals surface area contributed by atoms with Gasteiger partial charge in [-0.15, -0.1) is 0 Å². The van der Waals surface area contributed by atoms with Crippen LogP contribution < -0.4 is 10.1 Å². The van der Waals surface area contributed by atoms with Crippen LogP contribution in [0.3, 0.4) is 0 Å². The van der Waals surface area contributed by atoms with E-state index in [1.807, 2.05) is 35.2 Å². The van der Waals surface area contributed by atoms with E-state index in [0.717, 1.165) is 57.9 Å². The molecule has 2 heterocycles. The Balaban J connectivity index is 1.26. The Hall–Kier alpha value is -2.12. The van der Waals surface area contributed by atoms with Crippen LogP contribution in [0.1, 0.15) is 12.8 Å². The fourth-order valence-electron chi connectivity index (χ4n) is 3.50. The molecule has 27 heavy (non-hydrogen) atoms. The van der Waals surface area contributed by atoms with Crippen LogP contribution >= 0.6 is 0 Å². The summed E-state index contributed by atoms with van der Waals surface area (Å²) in [6.07, 6.45) is 2.26. The van der Waals surface area contributed by atoms with Crippen molar-refractivity contribution in [3.8, 4) is 5.75 Å². The molecule has 1 N–H and O–H groups in total. The number of amides is 2. The van der Waals surface area contributed by atoms with Crippen molar-refractivity contribution in [2.75, 3.05) is 65.5 Å². The van der Waals surface area contributed by atoms with Gasteiger partial charge in [-0.05, 0) is 25.0 Å². The average Bonchev–Trinajstić information content (AvgIpc) is 3.23. The highest BCUT2D eigenvalue weighted by Gasteiger charge is 2.24. The van der Waals surface area contributed by atoms with Gasteiger partial charge in [0.25, 0.3) is 0 Å². The van der Waals surface area contributed by atoms with E-state index in [9.17, 15) is 9.59 Å². The van der Waals surface area contributed by atoms with Crippen LogP contribution in [0.2, 0.25) is 0 Å². The summed E-state index contributed by atoms with van der Waals surface area (Å²) in [5, 5.41) is 2.90. The normalized spacial score (nSPS) is 18.4. The zero-order valence-electron chi connectivity index (χ0n) is 15.9. The largest absolute Gasteiger partial charge is 0.492 e. The fourth-order valence-corrected chi connectivity index (χ4v) is 3.50. The van der Waals surface area contributed by atoms with Gasteiger partial charge in [0, 0.05) is 39.3 Å². The molecule has 0 aliphatic carbocycles. The molecule has 2 fully saturated rings. The lowest BCUT2D eigenvalue weighted by molar-refractivity contribution is -0.132. The molecule has 0 saturated carbocycles. The smallest absolute Gasteiger partial charge is 0.236 e. The number of likely N-dealkylation sites (tertiary alicyclic amines) is 1. The van der Waals surface area contributed by atoms with Gasteiger partial charge in [0.05, 0.1) is 19.6 Å². The minimum Gasteiger partial charge on any atom is -0.492 e. The zero-order valence-corrected chi connectivity index (χ0v) is 15.9. The van der Waals surface area contributed by atoms with E-state index in [0.29, 0.717) is 26.2 Å². The third-order valence-corrected chi connectivity index (χ3v) is 5.09. The summed E-state index contributed by atoms with van der Waals surface area (Å²) in [7, 11) is 0. The number of hydrogen-bond acceptors (Lipinski definition) is 5. The van der Waals surface area contributed by atoms with Gasteiger partial charge in [-0.1, -0.05) is 18.2 Å². The quantitative estimate of drug-likeness (QED) is 0.668. The number of carbonyl (C=O) groups is 2. The Kier molecular flexibility index (Phi) is 7.47. The Labute approximate surface area is 161 Å². The van der Waals surface area contributed by atoms with Crippen molar-refractivity contribution in [1.29, 1.82) is 0 Å². The number of benzene rings is 1. The molecule has 0 radical (unpaired) electrons. The maximum Gasteiger partial charge on any atom is 0.236 e. The summed E-state index contributed by atoms with van der Waals surface area (Å²) in [6, 6.07) is 9.58.